The van der Waals surface area contributed by atoms with Crippen molar-refractivity contribution in [2.75, 3.05) is 0 Å². The summed E-state index contributed by atoms with van der Waals surface area (Å²) in [4.78, 5) is 15.9. The van der Waals surface area contributed by atoms with E-state index in [0.717, 1.165) is 5.56 Å². The van der Waals surface area contributed by atoms with E-state index in [1.165, 1.54) is 6.07 Å². The number of pyridine rings is 1. The van der Waals surface area contributed by atoms with Crippen LogP contribution < -0.4 is 0 Å². The van der Waals surface area contributed by atoms with Crippen molar-refractivity contribution in [3.05, 3.63) is 64.7 Å². The standard InChI is InChI=1S/C17H15ClFNO2/c1-2-17(16(21)22)14(10-7-8-13(18)20-9-10)15(17)11-5-3-4-6-12(11)19/h3-9,14-15H,2H2,1H3,(H,21,22). The van der Waals surface area contributed by atoms with E-state index < -0.39 is 11.4 Å². The average Bonchev–Trinajstić information content (AvgIpc) is 3.18. The van der Waals surface area contributed by atoms with Gasteiger partial charge in [-0.1, -0.05) is 42.8 Å². The van der Waals surface area contributed by atoms with E-state index in [9.17, 15) is 14.3 Å². The zero-order valence-corrected chi connectivity index (χ0v) is 12.7. The van der Waals surface area contributed by atoms with Crippen LogP contribution in [-0.4, -0.2) is 16.1 Å². The Balaban J connectivity index is 2.09. The minimum absolute atomic E-state index is 0.295. The van der Waals surface area contributed by atoms with Gasteiger partial charge in [-0.3, -0.25) is 4.79 Å². The monoisotopic (exact) mass is 319 g/mol. The minimum Gasteiger partial charge on any atom is -0.481 e. The van der Waals surface area contributed by atoms with Crippen molar-refractivity contribution < 1.29 is 14.3 Å². The first-order valence-corrected chi connectivity index (χ1v) is 7.49. The Bertz CT molecular complexity index is 719. The second-order valence-electron chi connectivity index (χ2n) is 5.59. The van der Waals surface area contributed by atoms with Gasteiger partial charge in [0.2, 0.25) is 0 Å². The lowest BCUT2D eigenvalue weighted by molar-refractivity contribution is -0.143. The first-order chi connectivity index (χ1) is 10.5. The van der Waals surface area contributed by atoms with Crippen LogP contribution in [0.15, 0.2) is 42.6 Å². The molecule has 0 saturated heterocycles. The van der Waals surface area contributed by atoms with Crippen molar-refractivity contribution >= 4 is 17.6 Å². The molecule has 114 valence electrons. The molecule has 1 aliphatic rings. The first-order valence-electron chi connectivity index (χ1n) is 7.11. The lowest BCUT2D eigenvalue weighted by atomic mass is 9.95. The Hall–Kier alpha value is -1.94. The van der Waals surface area contributed by atoms with Crippen molar-refractivity contribution in [2.45, 2.75) is 25.2 Å². The third kappa shape index (κ3) is 2.10. The number of aliphatic carboxylic acids is 1. The Kier molecular flexibility index (Phi) is 3.65. The fourth-order valence-electron chi connectivity index (χ4n) is 3.54. The number of rotatable bonds is 4. The number of benzene rings is 1. The van der Waals surface area contributed by atoms with E-state index in [2.05, 4.69) is 4.98 Å². The minimum atomic E-state index is -0.988. The molecular formula is C17H15ClFNO2. The second-order valence-corrected chi connectivity index (χ2v) is 5.98. The maximum atomic E-state index is 14.1. The summed E-state index contributed by atoms with van der Waals surface area (Å²) in [5, 5.41) is 10.1. The van der Waals surface area contributed by atoms with Crippen LogP contribution in [0.3, 0.4) is 0 Å². The van der Waals surface area contributed by atoms with Crippen LogP contribution in [0.2, 0.25) is 5.15 Å². The van der Waals surface area contributed by atoms with Gasteiger partial charge in [0.1, 0.15) is 11.0 Å². The average molecular weight is 320 g/mol. The molecule has 1 aromatic carbocycles. The SMILES string of the molecule is CCC1(C(=O)O)C(c2ccc(Cl)nc2)C1c1ccccc1F. The van der Waals surface area contributed by atoms with E-state index >= 15 is 0 Å². The molecule has 3 nitrogen and oxygen atoms in total. The molecular weight excluding hydrogens is 305 g/mol. The Morgan fingerprint density at radius 1 is 1.32 bits per heavy atom. The Morgan fingerprint density at radius 3 is 2.59 bits per heavy atom. The molecule has 1 fully saturated rings. The number of carbonyl (C=O) groups is 1. The van der Waals surface area contributed by atoms with Crippen LogP contribution >= 0.6 is 11.6 Å². The number of nitrogens with zero attached hydrogens (tertiary/aromatic N) is 1. The van der Waals surface area contributed by atoms with Gasteiger partial charge in [0.15, 0.2) is 0 Å². The van der Waals surface area contributed by atoms with Crippen LogP contribution in [0.1, 0.15) is 36.3 Å². The van der Waals surface area contributed by atoms with Crippen molar-refractivity contribution in [1.82, 2.24) is 4.98 Å². The van der Waals surface area contributed by atoms with Crippen LogP contribution in [0, 0.1) is 11.2 Å². The van der Waals surface area contributed by atoms with Crippen LogP contribution in [0.5, 0.6) is 0 Å². The maximum absolute atomic E-state index is 14.1. The highest BCUT2D eigenvalue weighted by Gasteiger charge is 2.70. The van der Waals surface area contributed by atoms with E-state index in [0.29, 0.717) is 17.1 Å². The molecule has 3 unspecified atom stereocenters. The van der Waals surface area contributed by atoms with Gasteiger partial charge in [-0.15, -0.1) is 0 Å². The molecule has 5 heteroatoms. The van der Waals surface area contributed by atoms with Crippen LogP contribution in [0.25, 0.3) is 0 Å². The van der Waals surface area contributed by atoms with Crippen molar-refractivity contribution in [3.8, 4) is 0 Å². The lowest BCUT2D eigenvalue weighted by Gasteiger charge is -2.10. The van der Waals surface area contributed by atoms with Gasteiger partial charge >= 0.3 is 5.97 Å². The van der Waals surface area contributed by atoms with E-state index in [4.69, 9.17) is 11.6 Å². The molecule has 1 aromatic heterocycles. The highest BCUT2D eigenvalue weighted by molar-refractivity contribution is 6.29. The smallest absolute Gasteiger partial charge is 0.310 e. The van der Waals surface area contributed by atoms with Gasteiger partial charge < -0.3 is 5.11 Å². The highest BCUT2D eigenvalue weighted by atomic mass is 35.5. The molecule has 0 amide bonds. The quantitative estimate of drug-likeness (QED) is 0.858. The maximum Gasteiger partial charge on any atom is 0.310 e. The molecule has 0 bridgehead atoms. The van der Waals surface area contributed by atoms with Gasteiger partial charge in [-0.05, 0) is 29.7 Å². The Labute approximate surface area is 132 Å². The molecule has 0 aliphatic heterocycles. The van der Waals surface area contributed by atoms with E-state index in [1.807, 2.05) is 6.92 Å². The molecule has 3 atom stereocenters. The number of aromatic nitrogens is 1. The molecule has 1 heterocycles. The summed E-state index contributed by atoms with van der Waals surface area (Å²) in [6, 6.07) is 9.78. The van der Waals surface area contributed by atoms with Gasteiger partial charge in [-0.2, -0.15) is 0 Å². The number of carboxylic acid groups (broad SMARTS) is 1. The van der Waals surface area contributed by atoms with Crippen molar-refractivity contribution in [3.63, 3.8) is 0 Å². The lowest BCUT2D eigenvalue weighted by Crippen LogP contribution is -2.18. The zero-order valence-electron chi connectivity index (χ0n) is 12.0. The number of hydrogen-bond acceptors (Lipinski definition) is 2. The van der Waals surface area contributed by atoms with Crippen LogP contribution in [0.4, 0.5) is 4.39 Å². The fourth-order valence-corrected chi connectivity index (χ4v) is 3.65. The van der Waals surface area contributed by atoms with Crippen LogP contribution in [-0.2, 0) is 4.79 Å². The molecule has 2 aromatic rings. The predicted molar refractivity (Wildman–Crippen MR) is 81.5 cm³/mol. The highest BCUT2D eigenvalue weighted by Crippen LogP contribution is 2.72. The molecule has 3 rings (SSSR count). The largest absolute Gasteiger partial charge is 0.481 e. The van der Waals surface area contributed by atoms with Gasteiger partial charge in [-0.25, -0.2) is 9.37 Å². The molecule has 0 spiro atoms. The third-order valence-electron chi connectivity index (χ3n) is 4.67. The molecule has 1 aliphatic carbocycles. The normalized spacial score (nSPS) is 26.7. The molecule has 1 N–H and O–H groups in total. The predicted octanol–water partition coefficient (Wildman–Crippen LogP) is 4.24. The molecule has 1 saturated carbocycles. The Morgan fingerprint density at radius 2 is 2.05 bits per heavy atom. The van der Waals surface area contributed by atoms with Gasteiger partial charge in [0.25, 0.3) is 0 Å². The topological polar surface area (TPSA) is 50.2 Å². The van der Waals surface area contributed by atoms with E-state index in [-0.39, 0.29) is 17.7 Å². The summed E-state index contributed by atoms with van der Waals surface area (Å²) in [5.41, 5.74) is 0.242. The van der Waals surface area contributed by atoms with Crippen molar-refractivity contribution in [1.29, 1.82) is 0 Å². The number of halogens is 2. The number of carboxylic acids is 1. The summed E-state index contributed by atoms with van der Waals surface area (Å²) in [6.45, 7) is 1.82. The third-order valence-corrected chi connectivity index (χ3v) is 4.89. The zero-order chi connectivity index (χ0) is 15.9. The summed E-state index contributed by atoms with van der Waals surface area (Å²) in [5.74, 6) is -1.95. The van der Waals surface area contributed by atoms with Crippen molar-refractivity contribution in [2.24, 2.45) is 5.41 Å². The van der Waals surface area contributed by atoms with Gasteiger partial charge in [0, 0.05) is 18.0 Å². The fraction of sp³-hybridized carbons (Fsp3) is 0.294. The summed E-state index contributed by atoms with van der Waals surface area (Å²) in [6.07, 6.45) is 2.01. The first kappa shape index (κ1) is 15.0. The molecule has 22 heavy (non-hydrogen) atoms. The summed E-state index contributed by atoms with van der Waals surface area (Å²) >= 11 is 5.80. The van der Waals surface area contributed by atoms with Gasteiger partial charge in [0.05, 0.1) is 5.41 Å². The number of hydrogen-bond donors (Lipinski definition) is 1. The van der Waals surface area contributed by atoms with E-state index in [1.54, 1.807) is 36.5 Å². The second kappa shape index (κ2) is 5.36. The molecule has 0 radical (unpaired) electrons. The summed E-state index contributed by atoms with van der Waals surface area (Å²) < 4.78 is 14.1. The summed E-state index contributed by atoms with van der Waals surface area (Å²) in [7, 11) is 0.